The molecular formula is C9H7F3N4O4S. The molecule has 0 unspecified atom stereocenters. The number of carboxylic acid groups (broad SMARTS) is 1. The maximum atomic E-state index is 12.9. The van der Waals surface area contributed by atoms with Crippen molar-refractivity contribution in [1.29, 1.82) is 0 Å². The van der Waals surface area contributed by atoms with E-state index in [-0.39, 0.29) is 17.0 Å². The van der Waals surface area contributed by atoms with Gasteiger partial charge in [-0.2, -0.15) is 13.2 Å². The number of amides is 1. The van der Waals surface area contributed by atoms with E-state index in [1.807, 2.05) is 0 Å². The van der Waals surface area contributed by atoms with Gasteiger partial charge in [0.1, 0.15) is 0 Å². The maximum absolute atomic E-state index is 12.9. The Labute approximate surface area is 114 Å². The van der Waals surface area contributed by atoms with E-state index >= 15 is 0 Å². The van der Waals surface area contributed by atoms with E-state index in [4.69, 9.17) is 10.2 Å². The fourth-order valence-corrected chi connectivity index (χ4v) is 2.41. The number of nitrogens with one attached hydrogen (secondary N) is 2. The Morgan fingerprint density at radius 2 is 2.00 bits per heavy atom. The SMILES string of the molecule is NS(=O)(=O)c1cc2nc(NC(=O)O)[nH]c2cc1C(F)(F)F. The third-order valence-corrected chi connectivity index (χ3v) is 3.37. The van der Waals surface area contributed by atoms with Crippen LogP contribution in [-0.4, -0.2) is 29.6 Å². The minimum Gasteiger partial charge on any atom is -0.465 e. The van der Waals surface area contributed by atoms with Crippen LogP contribution >= 0.6 is 0 Å². The summed E-state index contributed by atoms with van der Waals surface area (Å²) in [4.78, 5) is 15.2. The number of nitrogens with two attached hydrogens (primary N) is 1. The van der Waals surface area contributed by atoms with Crippen molar-refractivity contribution in [3.8, 4) is 0 Å². The van der Waals surface area contributed by atoms with E-state index in [0.29, 0.717) is 12.1 Å². The second-order valence-corrected chi connectivity index (χ2v) is 5.45. The number of anilines is 1. The minimum atomic E-state index is -4.96. The number of carbonyl (C=O) groups is 1. The Hall–Kier alpha value is -2.34. The van der Waals surface area contributed by atoms with E-state index in [0.717, 1.165) is 0 Å². The molecule has 0 atom stereocenters. The lowest BCUT2D eigenvalue weighted by molar-refractivity contribution is -0.139. The highest BCUT2D eigenvalue weighted by Gasteiger charge is 2.37. The van der Waals surface area contributed by atoms with Gasteiger partial charge in [0.05, 0.1) is 21.5 Å². The summed E-state index contributed by atoms with van der Waals surface area (Å²) in [6.07, 6.45) is -6.45. The molecule has 0 saturated heterocycles. The van der Waals surface area contributed by atoms with Crippen LogP contribution in [0, 0.1) is 0 Å². The standard InChI is InChI=1S/C9H7F3N4O4S/c10-9(11,12)3-1-4-5(2-6(3)21(13,19)20)15-7(14-4)16-8(17)18/h1-2H,(H,17,18)(H2,13,19,20)(H2,14,15,16). The van der Waals surface area contributed by atoms with E-state index in [1.54, 1.807) is 5.32 Å². The normalized spacial score (nSPS) is 12.6. The Balaban J connectivity index is 2.73. The first-order chi connectivity index (χ1) is 9.48. The number of imidazole rings is 1. The zero-order valence-corrected chi connectivity index (χ0v) is 10.7. The van der Waals surface area contributed by atoms with Crippen LogP contribution in [0.15, 0.2) is 17.0 Å². The van der Waals surface area contributed by atoms with Gasteiger partial charge in [-0.05, 0) is 12.1 Å². The lowest BCUT2D eigenvalue weighted by Crippen LogP contribution is -2.19. The molecule has 0 fully saturated rings. The van der Waals surface area contributed by atoms with Gasteiger partial charge in [0.25, 0.3) is 0 Å². The van der Waals surface area contributed by atoms with Crippen LogP contribution in [0.25, 0.3) is 11.0 Å². The maximum Gasteiger partial charge on any atom is 0.417 e. The molecule has 2 rings (SSSR count). The molecule has 0 aliphatic carbocycles. The van der Waals surface area contributed by atoms with E-state index in [2.05, 4.69) is 9.97 Å². The lowest BCUT2D eigenvalue weighted by atomic mass is 10.2. The molecule has 0 aliphatic rings. The molecule has 5 N–H and O–H groups in total. The number of aromatic amines is 1. The Morgan fingerprint density at radius 3 is 2.48 bits per heavy atom. The van der Waals surface area contributed by atoms with Crippen molar-refractivity contribution >= 4 is 33.1 Å². The molecule has 2 aromatic rings. The predicted molar refractivity (Wildman–Crippen MR) is 64.1 cm³/mol. The smallest absolute Gasteiger partial charge is 0.417 e. The molecule has 114 valence electrons. The van der Waals surface area contributed by atoms with Crippen molar-refractivity contribution in [1.82, 2.24) is 9.97 Å². The summed E-state index contributed by atoms with van der Waals surface area (Å²) in [5.74, 6) is -0.350. The third-order valence-electron chi connectivity index (χ3n) is 2.42. The molecule has 1 amide bonds. The molecule has 12 heteroatoms. The third kappa shape index (κ3) is 3.05. The van der Waals surface area contributed by atoms with E-state index in [9.17, 15) is 26.4 Å². The van der Waals surface area contributed by atoms with Gasteiger partial charge in [0, 0.05) is 0 Å². The summed E-state index contributed by atoms with van der Waals surface area (Å²) in [6, 6.07) is 1.12. The number of hydrogen-bond acceptors (Lipinski definition) is 4. The summed E-state index contributed by atoms with van der Waals surface area (Å²) in [5, 5.41) is 15.0. The average molecular weight is 324 g/mol. The van der Waals surface area contributed by atoms with Crippen LogP contribution in [0.5, 0.6) is 0 Å². The molecular weight excluding hydrogens is 317 g/mol. The molecule has 1 aromatic carbocycles. The summed E-state index contributed by atoms with van der Waals surface area (Å²) in [5.41, 5.74) is -1.85. The number of H-pyrrole nitrogens is 1. The highest BCUT2D eigenvalue weighted by atomic mass is 32.2. The van der Waals surface area contributed by atoms with Gasteiger partial charge < -0.3 is 10.1 Å². The molecule has 0 bridgehead atoms. The van der Waals surface area contributed by atoms with E-state index < -0.39 is 32.8 Å². The predicted octanol–water partition coefficient (Wildman–Crippen LogP) is 1.32. The number of fused-ring (bicyclic) bond motifs is 1. The number of benzene rings is 1. The fraction of sp³-hybridized carbons (Fsp3) is 0.111. The number of rotatable bonds is 2. The lowest BCUT2D eigenvalue weighted by Gasteiger charge is -2.11. The monoisotopic (exact) mass is 324 g/mol. The zero-order chi connectivity index (χ0) is 16.0. The molecule has 0 radical (unpaired) electrons. The first-order valence-corrected chi connectivity index (χ1v) is 6.67. The molecule has 0 saturated carbocycles. The van der Waals surface area contributed by atoms with Crippen LogP contribution in [0.2, 0.25) is 0 Å². The molecule has 1 aromatic heterocycles. The molecule has 21 heavy (non-hydrogen) atoms. The number of sulfonamides is 1. The van der Waals surface area contributed by atoms with Crippen LogP contribution in [0.1, 0.15) is 5.56 Å². The first-order valence-electron chi connectivity index (χ1n) is 5.12. The van der Waals surface area contributed by atoms with Gasteiger partial charge in [0.15, 0.2) is 0 Å². The Morgan fingerprint density at radius 1 is 1.38 bits per heavy atom. The van der Waals surface area contributed by atoms with E-state index in [1.165, 1.54) is 0 Å². The quantitative estimate of drug-likeness (QED) is 0.660. The van der Waals surface area contributed by atoms with Crippen LogP contribution in [0.3, 0.4) is 0 Å². The van der Waals surface area contributed by atoms with Crippen LogP contribution in [0.4, 0.5) is 23.9 Å². The molecule has 1 heterocycles. The Bertz CT molecular complexity index is 827. The van der Waals surface area contributed by atoms with Crippen molar-refractivity contribution in [3.63, 3.8) is 0 Å². The average Bonchev–Trinajstić information content (AvgIpc) is 2.64. The highest BCUT2D eigenvalue weighted by molar-refractivity contribution is 7.89. The van der Waals surface area contributed by atoms with Gasteiger partial charge in [0.2, 0.25) is 16.0 Å². The summed E-state index contributed by atoms with van der Waals surface area (Å²) in [6.45, 7) is 0. The summed E-state index contributed by atoms with van der Waals surface area (Å²) >= 11 is 0. The second kappa shape index (κ2) is 4.60. The molecule has 0 spiro atoms. The summed E-state index contributed by atoms with van der Waals surface area (Å²) < 4.78 is 61.1. The van der Waals surface area contributed by atoms with Crippen molar-refractivity contribution < 1.29 is 31.5 Å². The number of primary sulfonamides is 1. The number of halogens is 3. The number of hydrogen-bond donors (Lipinski definition) is 4. The minimum absolute atomic E-state index is 0.184. The van der Waals surface area contributed by atoms with Crippen molar-refractivity contribution in [2.75, 3.05) is 5.32 Å². The van der Waals surface area contributed by atoms with Crippen molar-refractivity contribution in [3.05, 3.63) is 17.7 Å². The van der Waals surface area contributed by atoms with Gasteiger partial charge in [-0.3, -0.25) is 5.32 Å². The number of alkyl halides is 3. The number of nitrogens with zero attached hydrogens (tertiary/aromatic N) is 1. The number of aromatic nitrogens is 2. The Kier molecular flexibility index (Phi) is 3.29. The van der Waals surface area contributed by atoms with Gasteiger partial charge >= 0.3 is 12.3 Å². The van der Waals surface area contributed by atoms with Crippen molar-refractivity contribution in [2.45, 2.75) is 11.1 Å². The summed E-state index contributed by atoms with van der Waals surface area (Å²) in [7, 11) is -4.63. The molecule has 0 aliphatic heterocycles. The highest BCUT2D eigenvalue weighted by Crippen LogP contribution is 2.36. The van der Waals surface area contributed by atoms with Gasteiger partial charge in [-0.15, -0.1) is 0 Å². The van der Waals surface area contributed by atoms with Crippen molar-refractivity contribution in [2.24, 2.45) is 5.14 Å². The van der Waals surface area contributed by atoms with Crippen LogP contribution in [-0.2, 0) is 16.2 Å². The topological polar surface area (TPSA) is 138 Å². The largest absolute Gasteiger partial charge is 0.465 e. The second-order valence-electron chi connectivity index (χ2n) is 3.92. The van der Waals surface area contributed by atoms with Gasteiger partial charge in [-0.25, -0.2) is 23.3 Å². The zero-order valence-electron chi connectivity index (χ0n) is 9.89. The van der Waals surface area contributed by atoms with Gasteiger partial charge in [-0.1, -0.05) is 0 Å². The molecule has 8 nitrogen and oxygen atoms in total. The van der Waals surface area contributed by atoms with Crippen LogP contribution < -0.4 is 10.5 Å². The fourth-order valence-electron chi connectivity index (χ4n) is 1.66. The first kappa shape index (κ1) is 15.1.